The number of nitrogens with one attached hydrogen (secondary N) is 1. The molecule has 2 amide bonds. The highest BCUT2D eigenvalue weighted by atomic mass is 32.2. The number of thioether (sulfide) groups is 1. The zero-order valence-electron chi connectivity index (χ0n) is 13.8. The average molecular weight is 347 g/mol. The molecule has 1 heterocycles. The van der Waals surface area contributed by atoms with Crippen LogP contribution in [0.2, 0.25) is 0 Å². The zero-order chi connectivity index (χ0) is 17.4. The van der Waals surface area contributed by atoms with Gasteiger partial charge >= 0.3 is 0 Å². The van der Waals surface area contributed by atoms with Crippen molar-refractivity contribution in [3.63, 3.8) is 0 Å². The quantitative estimate of drug-likeness (QED) is 0.743. The molecule has 6 nitrogen and oxygen atoms in total. The number of carbonyl (C=O) groups excluding carboxylic acids is 2. The summed E-state index contributed by atoms with van der Waals surface area (Å²) in [7, 11) is 0. The molecule has 7 heteroatoms. The summed E-state index contributed by atoms with van der Waals surface area (Å²) < 4.78 is 4.67. The van der Waals surface area contributed by atoms with Crippen molar-refractivity contribution >= 4 is 29.4 Å². The Morgan fingerprint density at radius 2 is 2.00 bits per heavy atom. The van der Waals surface area contributed by atoms with Crippen LogP contribution in [0.5, 0.6) is 0 Å². The SMILES string of the molecule is CC(C)CN(CC(=O)Nc1ccon1)C(=O)CSc1ccccc1. The molecule has 0 radical (unpaired) electrons. The van der Waals surface area contributed by atoms with Crippen LogP contribution >= 0.6 is 11.8 Å². The summed E-state index contributed by atoms with van der Waals surface area (Å²) in [5, 5.41) is 6.24. The first-order valence-electron chi connectivity index (χ1n) is 7.70. The minimum absolute atomic E-state index is 0.000771. The number of aromatic nitrogens is 1. The fraction of sp³-hybridized carbons (Fsp3) is 0.353. The van der Waals surface area contributed by atoms with Crippen LogP contribution in [-0.2, 0) is 9.59 Å². The van der Waals surface area contributed by atoms with Gasteiger partial charge in [0.05, 0.1) is 12.3 Å². The number of rotatable bonds is 8. The zero-order valence-corrected chi connectivity index (χ0v) is 14.6. The molecule has 0 aliphatic rings. The van der Waals surface area contributed by atoms with Crippen molar-refractivity contribution in [1.82, 2.24) is 10.1 Å². The smallest absolute Gasteiger partial charge is 0.245 e. The van der Waals surface area contributed by atoms with E-state index in [9.17, 15) is 9.59 Å². The first kappa shape index (κ1) is 18.1. The summed E-state index contributed by atoms with van der Waals surface area (Å²) in [6.45, 7) is 4.56. The third-order valence-electron chi connectivity index (χ3n) is 3.08. The van der Waals surface area contributed by atoms with E-state index in [2.05, 4.69) is 15.0 Å². The molecule has 0 unspecified atom stereocenters. The van der Waals surface area contributed by atoms with Crippen molar-refractivity contribution in [2.24, 2.45) is 5.92 Å². The van der Waals surface area contributed by atoms with Crippen LogP contribution < -0.4 is 5.32 Å². The molecule has 0 bridgehead atoms. The fourth-order valence-electron chi connectivity index (χ4n) is 2.08. The minimum Gasteiger partial charge on any atom is -0.363 e. The summed E-state index contributed by atoms with van der Waals surface area (Å²) >= 11 is 1.47. The third kappa shape index (κ3) is 6.08. The topological polar surface area (TPSA) is 75.4 Å². The van der Waals surface area contributed by atoms with E-state index in [-0.39, 0.29) is 24.3 Å². The number of nitrogens with zero attached hydrogens (tertiary/aromatic N) is 2. The van der Waals surface area contributed by atoms with Crippen LogP contribution in [0.15, 0.2) is 52.1 Å². The average Bonchev–Trinajstić information content (AvgIpc) is 3.05. The molecule has 0 fully saturated rings. The molecule has 2 rings (SSSR count). The molecule has 0 spiro atoms. The van der Waals surface area contributed by atoms with E-state index in [1.807, 2.05) is 44.2 Å². The Balaban J connectivity index is 1.90. The van der Waals surface area contributed by atoms with Crippen LogP contribution in [0.1, 0.15) is 13.8 Å². The van der Waals surface area contributed by atoms with E-state index in [0.717, 1.165) is 4.90 Å². The first-order valence-corrected chi connectivity index (χ1v) is 8.69. The van der Waals surface area contributed by atoms with Gasteiger partial charge in [0.15, 0.2) is 5.82 Å². The lowest BCUT2D eigenvalue weighted by atomic mass is 10.2. The fourth-order valence-corrected chi connectivity index (χ4v) is 2.90. The largest absolute Gasteiger partial charge is 0.363 e. The van der Waals surface area contributed by atoms with Gasteiger partial charge in [-0.2, -0.15) is 0 Å². The molecular formula is C17H21N3O3S. The lowest BCUT2D eigenvalue weighted by Crippen LogP contribution is -2.41. The van der Waals surface area contributed by atoms with E-state index in [1.54, 1.807) is 11.0 Å². The lowest BCUT2D eigenvalue weighted by molar-refractivity contribution is -0.132. The molecule has 0 saturated heterocycles. The van der Waals surface area contributed by atoms with Gasteiger partial charge in [-0.3, -0.25) is 9.59 Å². The molecule has 0 atom stereocenters. The number of benzene rings is 1. The summed E-state index contributed by atoms with van der Waals surface area (Å²) in [4.78, 5) is 27.2. The van der Waals surface area contributed by atoms with Gasteiger partial charge in [-0.25, -0.2) is 0 Å². The van der Waals surface area contributed by atoms with E-state index in [1.165, 1.54) is 18.0 Å². The molecular weight excluding hydrogens is 326 g/mol. The molecule has 24 heavy (non-hydrogen) atoms. The predicted molar refractivity (Wildman–Crippen MR) is 93.7 cm³/mol. The minimum atomic E-state index is -0.289. The number of hydrogen-bond acceptors (Lipinski definition) is 5. The van der Waals surface area contributed by atoms with Gasteiger partial charge in [0, 0.05) is 17.5 Å². The Hall–Kier alpha value is -2.28. The van der Waals surface area contributed by atoms with Gasteiger partial charge in [-0.15, -0.1) is 11.8 Å². The lowest BCUT2D eigenvalue weighted by Gasteiger charge is -2.23. The van der Waals surface area contributed by atoms with Gasteiger partial charge in [0.1, 0.15) is 6.26 Å². The number of amides is 2. The maximum absolute atomic E-state index is 12.5. The number of hydrogen-bond donors (Lipinski definition) is 1. The van der Waals surface area contributed by atoms with Crippen LogP contribution in [0, 0.1) is 5.92 Å². The molecule has 0 aliphatic heterocycles. The summed E-state index contributed by atoms with van der Waals surface area (Å²) in [5.74, 6) is 0.565. The summed E-state index contributed by atoms with van der Waals surface area (Å²) in [5.41, 5.74) is 0. The van der Waals surface area contributed by atoms with Gasteiger partial charge in [0.25, 0.3) is 0 Å². The van der Waals surface area contributed by atoms with Crippen LogP contribution in [0.3, 0.4) is 0 Å². The third-order valence-corrected chi connectivity index (χ3v) is 4.08. The second-order valence-corrected chi connectivity index (χ2v) is 6.75. The predicted octanol–water partition coefficient (Wildman–Crippen LogP) is 2.89. The highest BCUT2D eigenvalue weighted by Gasteiger charge is 2.19. The Bertz CT molecular complexity index is 644. The first-order chi connectivity index (χ1) is 11.5. The second-order valence-electron chi connectivity index (χ2n) is 5.70. The molecule has 1 aromatic heterocycles. The van der Waals surface area contributed by atoms with Crippen molar-refractivity contribution in [2.75, 3.05) is 24.2 Å². The molecule has 0 aliphatic carbocycles. The molecule has 1 N–H and O–H groups in total. The Morgan fingerprint density at radius 3 is 2.62 bits per heavy atom. The highest BCUT2D eigenvalue weighted by molar-refractivity contribution is 8.00. The van der Waals surface area contributed by atoms with Crippen LogP contribution in [-0.4, -0.2) is 40.7 Å². The van der Waals surface area contributed by atoms with Crippen molar-refractivity contribution in [2.45, 2.75) is 18.7 Å². The number of carbonyl (C=O) groups is 2. The highest BCUT2D eigenvalue weighted by Crippen LogP contribution is 2.17. The van der Waals surface area contributed by atoms with Crippen LogP contribution in [0.25, 0.3) is 0 Å². The molecule has 1 aromatic carbocycles. The Kier molecular flexibility index (Phi) is 6.87. The van der Waals surface area contributed by atoms with Crippen LogP contribution in [0.4, 0.5) is 5.82 Å². The number of anilines is 1. The second kappa shape index (κ2) is 9.12. The van der Waals surface area contributed by atoms with Gasteiger partial charge < -0.3 is 14.7 Å². The normalized spacial score (nSPS) is 10.6. The van der Waals surface area contributed by atoms with Crippen molar-refractivity contribution in [3.8, 4) is 0 Å². The van der Waals surface area contributed by atoms with Gasteiger partial charge in [-0.05, 0) is 18.1 Å². The van der Waals surface area contributed by atoms with Crippen molar-refractivity contribution in [1.29, 1.82) is 0 Å². The van der Waals surface area contributed by atoms with E-state index in [0.29, 0.717) is 18.1 Å². The Morgan fingerprint density at radius 1 is 1.25 bits per heavy atom. The molecule has 0 saturated carbocycles. The monoisotopic (exact) mass is 347 g/mol. The molecule has 2 aromatic rings. The van der Waals surface area contributed by atoms with Crippen molar-refractivity contribution < 1.29 is 14.1 Å². The van der Waals surface area contributed by atoms with E-state index < -0.39 is 0 Å². The van der Waals surface area contributed by atoms with E-state index in [4.69, 9.17) is 0 Å². The molecule has 128 valence electrons. The Labute approximate surface area is 145 Å². The summed E-state index contributed by atoms with van der Waals surface area (Å²) in [6.07, 6.45) is 1.38. The van der Waals surface area contributed by atoms with Gasteiger partial charge in [-0.1, -0.05) is 37.2 Å². The summed E-state index contributed by atoms with van der Waals surface area (Å²) in [6, 6.07) is 11.3. The standard InChI is InChI=1S/C17H21N3O3S/c1-13(2)10-20(11-16(21)18-15-8-9-23-19-15)17(22)12-24-14-6-4-3-5-7-14/h3-9,13H,10-12H2,1-2H3,(H,18,19,21). The maximum Gasteiger partial charge on any atom is 0.245 e. The maximum atomic E-state index is 12.5. The van der Waals surface area contributed by atoms with Crippen molar-refractivity contribution in [3.05, 3.63) is 42.7 Å². The van der Waals surface area contributed by atoms with E-state index >= 15 is 0 Å². The van der Waals surface area contributed by atoms with Gasteiger partial charge in [0.2, 0.25) is 11.8 Å².